The number of rotatable bonds is 4. The Kier molecular flexibility index (Phi) is 4.59. The zero-order chi connectivity index (χ0) is 14.4. The maximum atomic E-state index is 11.9. The molecule has 2 aromatic rings. The normalized spacial score (nSPS) is 10.9. The van der Waals surface area contributed by atoms with Crippen molar-refractivity contribution in [3.8, 4) is 6.07 Å². The molecule has 2 rings (SSSR count). The summed E-state index contributed by atoms with van der Waals surface area (Å²) in [7, 11) is 0. The topological polar surface area (TPSA) is 66.0 Å². The van der Waals surface area contributed by atoms with Crippen LogP contribution in [0.5, 0.6) is 0 Å². The molecule has 0 aliphatic carbocycles. The maximum absolute atomic E-state index is 11.9. The van der Waals surface area contributed by atoms with Crippen molar-refractivity contribution in [1.29, 1.82) is 5.26 Å². The number of nitrogens with zero attached hydrogens (tertiary/aromatic N) is 1. The Balaban J connectivity index is 2.07. The van der Waals surface area contributed by atoms with Crippen LogP contribution in [0.2, 0.25) is 5.02 Å². The largest absolute Gasteiger partial charge is 0.467 e. The SMILES string of the molecule is N#C/C(=C\c1cccc(Cl)c1)C(=O)NCc1ccco1. The van der Waals surface area contributed by atoms with Gasteiger partial charge in [0.2, 0.25) is 0 Å². The van der Waals surface area contributed by atoms with E-state index in [0.29, 0.717) is 16.3 Å². The molecule has 0 bridgehead atoms. The Hall–Kier alpha value is -2.51. The van der Waals surface area contributed by atoms with Gasteiger partial charge < -0.3 is 9.73 Å². The summed E-state index contributed by atoms with van der Waals surface area (Å²) in [6.07, 6.45) is 3.01. The van der Waals surface area contributed by atoms with Crippen LogP contribution in [0.15, 0.2) is 52.7 Å². The summed E-state index contributed by atoms with van der Waals surface area (Å²) < 4.78 is 5.10. The highest BCUT2D eigenvalue weighted by Gasteiger charge is 2.09. The number of nitrogens with one attached hydrogen (secondary N) is 1. The molecule has 0 atom stereocenters. The first-order valence-electron chi connectivity index (χ1n) is 5.87. The fraction of sp³-hybridized carbons (Fsp3) is 0.0667. The molecule has 0 radical (unpaired) electrons. The molecule has 20 heavy (non-hydrogen) atoms. The van der Waals surface area contributed by atoms with Crippen LogP contribution in [0, 0.1) is 11.3 Å². The second kappa shape index (κ2) is 6.60. The lowest BCUT2D eigenvalue weighted by molar-refractivity contribution is -0.117. The second-order valence-corrected chi connectivity index (χ2v) is 4.42. The molecule has 1 aromatic carbocycles. The van der Waals surface area contributed by atoms with Crippen LogP contribution < -0.4 is 5.32 Å². The van der Waals surface area contributed by atoms with Crippen molar-refractivity contribution in [3.63, 3.8) is 0 Å². The summed E-state index contributed by atoms with van der Waals surface area (Å²) in [6, 6.07) is 12.3. The van der Waals surface area contributed by atoms with E-state index in [4.69, 9.17) is 21.3 Å². The molecule has 1 N–H and O–H groups in total. The van der Waals surface area contributed by atoms with Gasteiger partial charge in [-0.2, -0.15) is 5.26 Å². The lowest BCUT2D eigenvalue weighted by Gasteiger charge is -2.02. The minimum atomic E-state index is -0.455. The minimum absolute atomic E-state index is 0.0128. The molecule has 0 saturated heterocycles. The fourth-order valence-electron chi connectivity index (χ4n) is 1.59. The second-order valence-electron chi connectivity index (χ2n) is 3.99. The first-order chi connectivity index (χ1) is 9.69. The standard InChI is InChI=1S/C15H11ClN2O2/c16-13-4-1-3-11(8-13)7-12(9-17)15(19)18-10-14-5-2-6-20-14/h1-8H,10H2,(H,18,19)/b12-7+. The molecular formula is C15H11ClN2O2. The van der Waals surface area contributed by atoms with Gasteiger partial charge in [0.25, 0.3) is 5.91 Å². The van der Waals surface area contributed by atoms with Crippen molar-refractivity contribution >= 4 is 23.6 Å². The van der Waals surface area contributed by atoms with Gasteiger partial charge in [0.05, 0.1) is 12.8 Å². The van der Waals surface area contributed by atoms with Crippen molar-refractivity contribution in [3.05, 3.63) is 64.6 Å². The predicted molar refractivity (Wildman–Crippen MR) is 75.6 cm³/mol. The Morgan fingerprint density at radius 1 is 1.40 bits per heavy atom. The number of carbonyl (C=O) groups excluding carboxylic acids is 1. The molecule has 5 heteroatoms. The minimum Gasteiger partial charge on any atom is -0.467 e. The Morgan fingerprint density at radius 2 is 2.25 bits per heavy atom. The lowest BCUT2D eigenvalue weighted by atomic mass is 10.1. The molecule has 0 aliphatic heterocycles. The number of furan rings is 1. The van der Waals surface area contributed by atoms with Crippen molar-refractivity contribution in [2.24, 2.45) is 0 Å². The van der Waals surface area contributed by atoms with Crippen molar-refractivity contribution in [2.75, 3.05) is 0 Å². The predicted octanol–water partition coefficient (Wildman–Crippen LogP) is 3.16. The summed E-state index contributed by atoms with van der Waals surface area (Å²) in [6.45, 7) is 0.237. The van der Waals surface area contributed by atoms with Crippen LogP contribution >= 0.6 is 11.6 Å². The zero-order valence-corrected chi connectivity index (χ0v) is 11.2. The Morgan fingerprint density at radius 3 is 2.90 bits per heavy atom. The molecule has 1 heterocycles. The van der Waals surface area contributed by atoms with Crippen LogP contribution in [-0.2, 0) is 11.3 Å². The van der Waals surface area contributed by atoms with E-state index in [-0.39, 0.29) is 12.1 Å². The number of nitriles is 1. The third kappa shape index (κ3) is 3.74. The van der Waals surface area contributed by atoms with Crippen LogP contribution in [0.25, 0.3) is 6.08 Å². The number of hydrogen-bond acceptors (Lipinski definition) is 3. The van der Waals surface area contributed by atoms with E-state index in [1.54, 1.807) is 36.4 Å². The van der Waals surface area contributed by atoms with E-state index >= 15 is 0 Å². The first-order valence-corrected chi connectivity index (χ1v) is 6.25. The van der Waals surface area contributed by atoms with Gasteiger partial charge in [-0.15, -0.1) is 0 Å². The van der Waals surface area contributed by atoms with Gasteiger partial charge in [0.15, 0.2) is 0 Å². The van der Waals surface area contributed by atoms with Crippen LogP contribution in [0.1, 0.15) is 11.3 Å². The van der Waals surface area contributed by atoms with Gasteiger partial charge in [0.1, 0.15) is 17.4 Å². The summed E-state index contributed by atoms with van der Waals surface area (Å²) in [5.74, 6) is 0.169. The van der Waals surface area contributed by atoms with Gasteiger partial charge in [-0.3, -0.25) is 4.79 Å². The van der Waals surface area contributed by atoms with E-state index < -0.39 is 5.91 Å². The lowest BCUT2D eigenvalue weighted by Crippen LogP contribution is -2.23. The first kappa shape index (κ1) is 13.9. The number of halogens is 1. The van der Waals surface area contributed by atoms with Gasteiger partial charge in [-0.05, 0) is 35.9 Å². The van der Waals surface area contributed by atoms with E-state index in [2.05, 4.69) is 5.32 Å². The zero-order valence-electron chi connectivity index (χ0n) is 10.5. The van der Waals surface area contributed by atoms with Crippen molar-refractivity contribution in [1.82, 2.24) is 5.32 Å². The molecule has 0 spiro atoms. The molecule has 1 aromatic heterocycles. The molecule has 0 aliphatic rings. The fourth-order valence-corrected chi connectivity index (χ4v) is 1.79. The van der Waals surface area contributed by atoms with Crippen LogP contribution in [0.4, 0.5) is 0 Å². The van der Waals surface area contributed by atoms with E-state index in [9.17, 15) is 4.79 Å². The number of amides is 1. The molecule has 4 nitrogen and oxygen atoms in total. The van der Waals surface area contributed by atoms with Gasteiger partial charge >= 0.3 is 0 Å². The molecule has 0 fully saturated rings. The average molecular weight is 287 g/mol. The van der Waals surface area contributed by atoms with E-state index in [1.165, 1.54) is 12.3 Å². The quantitative estimate of drug-likeness (QED) is 0.693. The smallest absolute Gasteiger partial charge is 0.262 e. The monoisotopic (exact) mass is 286 g/mol. The van der Waals surface area contributed by atoms with Gasteiger partial charge in [-0.1, -0.05) is 23.7 Å². The Bertz CT molecular complexity index is 669. The van der Waals surface area contributed by atoms with E-state index in [1.807, 2.05) is 6.07 Å². The van der Waals surface area contributed by atoms with E-state index in [0.717, 1.165) is 0 Å². The molecule has 100 valence electrons. The number of carbonyl (C=O) groups is 1. The van der Waals surface area contributed by atoms with Crippen molar-refractivity contribution in [2.45, 2.75) is 6.54 Å². The van der Waals surface area contributed by atoms with Crippen LogP contribution in [-0.4, -0.2) is 5.91 Å². The third-order valence-electron chi connectivity index (χ3n) is 2.53. The molecule has 0 unspecified atom stereocenters. The highest BCUT2D eigenvalue weighted by atomic mass is 35.5. The van der Waals surface area contributed by atoms with Crippen molar-refractivity contribution < 1.29 is 9.21 Å². The summed E-state index contributed by atoms with van der Waals surface area (Å²) in [5.41, 5.74) is 0.709. The summed E-state index contributed by atoms with van der Waals surface area (Å²) in [5, 5.41) is 12.2. The summed E-state index contributed by atoms with van der Waals surface area (Å²) >= 11 is 5.85. The summed E-state index contributed by atoms with van der Waals surface area (Å²) in [4.78, 5) is 11.9. The highest BCUT2D eigenvalue weighted by molar-refractivity contribution is 6.30. The third-order valence-corrected chi connectivity index (χ3v) is 2.76. The Labute approximate surface area is 121 Å². The highest BCUT2D eigenvalue weighted by Crippen LogP contribution is 2.13. The molecule has 0 saturated carbocycles. The van der Waals surface area contributed by atoms with Gasteiger partial charge in [0, 0.05) is 5.02 Å². The molecular weight excluding hydrogens is 276 g/mol. The average Bonchev–Trinajstić information content (AvgIpc) is 2.95. The van der Waals surface area contributed by atoms with Gasteiger partial charge in [-0.25, -0.2) is 0 Å². The maximum Gasteiger partial charge on any atom is 0.262 e. The van der Waals surface area contributed by atoms with Crippen LogP contribution in [0.3, 0.4) is 0 Å². The number of benzene rings is 1. The number of hydrogen-bond donors (Lipinski definition) is 1. The molecule has 1 amide bonds.